The lowest BCUT2D eigenvalue weighted by molar-refractivity contribution is -0.134. The van der Waals surface area contributed by atoms with Crippen LogP contribution in [0.15, 0.2) is 41.4 Å². The van der Waals surface area contributed by atoms with Crippen LogP contribution in [0.3, 0.4) is 0 Å². The van der Waals surface area contributed by atoms with E-state index in [2.05, 4.69) is 18.0 Å². The second-order valence-electron chi connectivity index (χ2n) is 8.22. The van der Waals surface area contributed by atoms with Gasteiger partial charge in [-0.2, -0.15) is 5.26 Å². The first-order valence-electron chi connectivity index (χ1n) is 12.4. The number of aryl methyl sites for hydroxylation is 1. The topological polar surface area (TPSA) is 107 Å². The number of hydrogen-bond acceptors (Lipinski definition) is 4. The summed E-state index contributed by atoms with van der Waals surface area (Å²) in [5.74, 6) is 0.311. The van der Waals surface area contributed by atoms with Gasteiger partial charge in [-0.25, -0.2) is 8.51 Å². The van der Waals surface area contributed by atoms with E-state index >= 15 is 0 Å². The molecule has 9 heteroatoms. The molecular weight excluding hydrogens is 472 g/mol. The molecule has 0 spiro atoms. The third-order valence-electron chi connectivity index (χ3n) is 5.86. The molecule has 1 aromatic heterocycles. The van der Waals surface area contributed by atoms with E-state index in [9.17, 15) is 9.00 Å². The van der Waals surface area contributed by atoms with Crippen LogP contribution in [0.5, 0.6) is 0 Å². The molecule has 8 nitrogen and oxygen atoms in total. The van der Waals surface area contributed by atoms with Gasteiger partial charge in [-0.05, 0) is 30.5 Å². The van der Waals surface area contributed by atoms with Crippen LogP contribution in [0, 0.1) is 16.7 Å². The number of aromatic nitrogens is 1. The van der Waals surface area contributed by atoms with Crippen LogP contribution in [0.25, 0.3) is 6.08 Å². The number of nitriles is 1. The van der Waals surface area contributed by atoms with Crippen LogP contribution in [0.4, 0.5) is 0 Å². The average Bonchev–Trinajstić information content (AvgIpc) is 3.32. The fourth-order valence-electron chi connectivity index (χ4n) is 3.87. The summed E-state index contributed by atoms with van der Waals surface area (Å²) in [7, 11) is 0.385. The molecule has 1 aliphatic rings. The third kappa shape index (κ3) is 7.39. The van der Waals surface area contributed by atoms with Crippen molar-refractivity contribution in [2.24, 2.45) is 0 Å². The van der Waals surface area contributed by atoms with Crippen LogP contribution in [-0.2, 0) is 28.7 Å². The van der Waals surface area contributed by atoms with Crippen LogP contribution in [-0.4, -0.2) is 68.3 Å². The number of benzene rings is 1. The van der Waals surface area contributed by atoms with Gasteiger partial charge < -0.3 is 14.8 Å². The van der Waals surface area contributed by atoms with E-state index in [1.807, 2.05) is 63.3 Å². The lowest BCUT2D eigenvalue weighted by Gasteiger charge is -2.33. The first-order chi connectivity index (χ1) is 17.4. The second kappa shape index (κ2) is 14.4. The van der Waals surface area contributed by atoms with Crippen molar-refractivity contribution in [2.45, 2.75) is 52.1 Å². The lowest BCUT2D eigenvalue weighted by atomic mass is 10.1. The molecule has 1 aliphatic heterocycles. The van der Waals surface area contributed by atoms with Crippen molar-refractivity contribution in [1.82, 2.24) is 19.1 Å². The Bertz CT molecular complexity index is 1120. The minimum absolute atomic E-state index is 0.0522. The van der Waals surface area contributed by atoms with Gasteiger partial charge in [0, 0.05) is 44.5 Å². The zero-order valence-corrected chi connectivity index (χ0v) is 22.8. The quantitative estimate of drug-likeness (QED) is 0.390. The third-order valence-corrected chi connectivity index (χ3v) is 7.23. The summed E-state index contributed by atoms with van der Waals surface area (Å²) >= 11 is 0. The Labute approximate surface area is 217 Å². The number of carbonyl (C=O) groups excluding carboxylic acids is 1. The lowest BCUT2D eigenvalue weighted by Crippen LogP contribution is -2.50. The van der Waals surface area contributed by atoms with Crippen molar-refractivity contribution in [3.05, 3.63) is 58.8 Å². The van der Waals surface area contributed by atoms with E-state index < -0.39 is 11.0 Å². The number of carbonyl (C=O) groups is 1. The molecule has 0 aliphatic carbocycles. The first kappa shape index (κ1) is 29.0. The van der Waals surface area contributed by atoms with E-state index in [1.165, 1.54) is 0 Å². The molecule has 0 saturated carbocycles. The van der Waals surface area contributed by atoms with Crippen molar-refractivity contribution >= 4 is 28.8 Å². The maximum Gasteiger partial charge on any atom is 0.238 e. The molecular formula is C27H38N6O2S. The molecule has 2 heterocycles. The van der Waals surface area contributed by atoms with Gasteiger partial charge in [0.15, 0.2) is 0 Å². The molecule has 1 atom stereocenters. The van der Waals surface area contributed by atoms with Crippen molar-refractivity contribution in [1.29, 1.82) is 10.7 Å². The van der Waals surface area contributed by atoms with Crippen molar-refractivity contribution in [2.75, 3.05) is 33.2 Å². The average molecular weight is 511 g/mol. The van der Waals surface area contributed by atoms with Gasteiger partial charge in [-0.15, -0.1) is 0 Å². The number of piperazine rings is 1. The number of rotatable bonds is 9. The van der Waals surface area contributed by atoms with Gasteiger partial charge in [-0.3, -0.25) is 10.2 Å². The monoisotopic (exact) mass is 510 g/mol. The number of nitrogens with one attached hydrogen (secondary N) is 2. The van der Waals surface area contributed by atoms with Crippen LogP contribution < -0.4 is 0 Å². The second-order valence-corrected chi connectivity index (χ2v) is 9.68. The molecule has 1 aromatic carbocycles. The van der Waals surface area contributed by atoms with E-state index in [0.29, 0.717) is 43.5 Å². The van der Waals surface area contributed by atoms with E-state index in [1.54, 1.807) is 21.2 Å². The molecule has 1 unspecified atom stereocenters. The minimum atomic E-state index is -1.41. The van der Waals surface area contributed by atoms with Gasteiger partial charge in [0.25, 0.3) is 0 Å². The normalized spacial score (nSPS) is 14.8. The maximum absolute atomic E-state index is 13.1. The Hall–Kier alpha value is -3.22. The molecule has 3 rings (SSSR count). The highest BCUT2D eigenvalue weighted by Crippen LogP contribution is 2.20. The van der Waals surface area contributed by atoms with Crippen LogP contribution in [0.2, 0.25) is 0 Å². The largest absolute Gasteiger partial charge is 0.359 e. The summed E-state index contributed by atoms with van der Waals surface area (Å²) in [5, 5.41) is 17.6. The fourth-order valence-corrected chi connectivity index (χ4v) is 5.06. The molecule has 36 heavy (non-hydrogen) atoms. The van der Waals surface area contributed by atoms with Crippen LogP contribution in [0.1, 0.15) is 56.5 Å². The molecule has 2 aromatic rings. The van der Waals surface area contributed by atoms with Gasteiger partial charge in [0.2, 0.25) is 5.91 Å². The van der Waals surface area contributed by atoms with Crippen molar-refractivity contribution in [3.63, 3.8) is 0 Å². The Morgan fingerprint density at radius 1 is 1.28 bits per heavy atom. The van der Waals surface area contributed by atoms with E-state index in [-0.39, 0.29) is 12.5 Å². The minimum Gasteiger partial charge on any atom is -0.359 e. The number of amides is 1. The SMILES string of the molecule is C/C=C\c1cc(S(=O)N2CCN(Cc3ccc(C(=N)N(C)CCC#N)cc3)C(=O)C2)[nH]c1CC.CC. The summed E-state index contributed by atoms with van der Waals surface area (Å²) in [6, 6.07) is 11.6. The van der Waals surface area contributed by atoms with Gasteiger partial charge in [0.05, 0.1) is 19.0 Å². The van der Waals surface area contributed by atoms with E-state index in [4.69, 9.17) is 10.7 Å². The zero-order chi connectivity index (χ0) is 26.7. The van der Waals surface area contributed by atoms with Crippen molar-refractivity contribution in [3.8, 4) is 6.07 Å². The molecule has 1 amide bonds. The summed E-state index contributed by atoms with van der Waals surface area (Å²) < 4.78 is 14.8. The summed E-state index contributed by atoms with van der Waals surface area (Å²) in [4.78, 5) is 19.6. The number of nitrogens with zero attached hydrogens (tertiary/aromatic N) is 4. The summed E-state index contributed by atoms with van der Waals surface area (Å²) in [5.41, 5.74) is 3.82. The zero-order valence-electron chi connectivity index (χ0n) is 22.0. The first-order valence-corrected chi connectivity index (χ1v) is 13.5. The number of H-pyrrole nitrogens is 1. The highest BCUT2D eigenvalue weighted by atomic mass is 32.2. The Morgan fingerprint density at radius 2 is 1.97 bits per heavy atom. The van der Waals surface area contributed by atoms with Crippen molar-refractivity contribution < 1.29 is 9.00 Å². The molecule has 2 N–H and O–H groups in total. The highest BCUT2D eigenvalue weighted by Gasteiger charge is 2.29. The van der Waals surface area contributed by atoms with E-state index in [0.717, 1.165) is 28.8 Å². The van der Waals surface area contributed by atoms with Gasteiger partial charge in [0.1, 0.15) is 21.8 Å². The summed E-state index contributed by atoms with van der Waals surface area (Å²) in [6.45, 7) is 10.1. The standard InChI is InChI=1S/C25H32N6O2S.C2H6/c1-4-7-21-16-23(28-22(21)5-2)34(33)31-15-14-30(24(32)18-31)17-19-8-10-20(11-9-19)25(27)29(3)13-6-12-26;1-2/h4,7-11,16,27-28H,5-6,13-15,17-18H2,1-3H3;1-2H3/b7-4-,27-25?;. The number of aromatic amines is 1. The number of amidine groups is 1. The van der Waals surface area contributed by atoms with Gasteiger partial charge in [-0.1, -0.05) is 57.2 Å². The Balaban J connectivity index is 0.00000222. The molecule has 0 radical (unpaired) electrons. The van der Waals surface area contributed by atoms with Gasteiger partial charge >= 0.3 is 0 Å². The number of hydrogen-bond donors (Lipinski definition) is 2. The predicted octanol–water partition coefficient (Wildman–Crippen LogP) is 4.17. The molecule has 1 saturated heterocycles. The smallest absolute Gasteiger partial charge is 0.238 e. The predicted molar refractivity (Wildman–Crippen MR) is 146 cm³/mol. The fraction of sp³-hybridized carbons (Fsp3) is 0.444. The Kier molecular flexibility index (Phi) is 11.6. The Morgan fingerprint density at radius 3 is 2.56 bits per heavy atom. The highest BCUT2D eigenvalue weighted by molar-refractivity contribution is 7.82. The van der Waals surface area contributed by atoms with Crippen LogP contribution >= 0.6 is 0 Å². The summed E-state index contributed by atoms with van der Waals surface area (Å²) in [6.07, 6.45) is 5.14. The molecule has 194 valence electrons. The molecule has 0 bridgehead atoms. The number of allylic oxidation sites excluding steroid dienone is 1. The molecule has 1 fully saturated rings. The maximum atomic E-state index is 13.1.